The molecule has 2 unspecified atom stereocenters. The smallest absolute Gasteiger partial charge is 0.205 e. The van der Waals surface area contributed by atoms with E-state index in [1.165, 1.54) is 19.3 Å². The summed E-state index contributed by atoms with van der Waals surface area (Å²) in [6.45, 7) is 3.41. The van der Waals surface area contributed by atoms with E-state index in [9.17, 15) is 0 Å². The van der Waals surface area contributed by atoms with Crippen LogP contribution in [0, 0.1) is 11.8 Å². The van der Waals surface area contributed by atoms with Crippen molar-refractivity contribution in [2.45, 2.75) is 26.2 Å². The molecule has 2 rings (SSSR count). The van der Waals surface area contributed by atoms with Gasteiger partial charge in [0.05, 0.1) is 0 Å². The molecule has 0 amide bonds. The highest BCUT2D eigenvalue weighted by Crippen LogP contribution is 2.30. The Morgan fingerprint density at radius 1 is 1.62 bits per heavy atom. The quantitative estimate of drug-likeness (QED) is 0.808. The van der Waals surface area contributed by atoms with E-state index in [1.54, 1.807) is 16.8 Å². The summed E-state index contributed by atoms with van der Waals surface area (Å²) >= 11 is 1.57. The fourth-order valence-corrected chi connectivity index (χ4v) is 2.45. The van der Waals surface area contributed by atoms with E-state index in [-0.39, 0.29) is 0 Å². The van der Waals surface area contributed by atoms with Crippen molar-refractivity contribution in [3.63, 3.8) is 0 Å². The van der Waals surface area contributed by atoms with Crippen LogP contribution in [0.3, 0.4) is 0 Å². The molecule has 13 heavy (non-hydrogen) atoms. The van der Waals surface area contributed by atoms with Crippen molar-refractivity contribution >= 4 is 16.5 Å². The summed E-state index contributed by atoms with van der Waals surface area (Å²) in [6, 6.07) is 0. The van der Waals surface area contributed by atoms with Gasteiger partial charge < -0.3 is 5.32 Å². The largest absolute Gasteiger partial charge is 0.360 e. The number of hydrogen-bond acceptors (Lipinski definition) is 4. The third kappa shape index (κ3) is 2.40. The molecule has 0 radical (unpaired) electrons. The van der Waals surface area contributed by atoms with Crippen LogP contribution in [0.1, 0.15) is 26.2 Å². The van der Waals surface area contributed by atoms with Gasteiger partial charge in [-0.3, -0.25) is 0 Å². The monoisotopic (exact) mass is 197 g/mol. The van der Waals surface area contributed by atoms with Crippen LogP contribution in [-0.2, 0) is 0 Å². The first kappa shape index (κ1) is 8.94. The lowest BCUT2D eigenvalue weighted by atomic mass is 10.1. The third-order valence-corrected chi connectivity index (χ3v) is 3.35. The third-order valence-electron chi connectivity index (χ3n) is 2.71. The minimum absolute atomic E-state index is 0.846. The first-order valence-electron chi connectivity index (χ1n) is 4.84. The number of nitrogens with one attached hydrogen (secondary N) is 1. The lowest BCUT2D eigenvalue weighted by Crippen LogP contribution is -2.11. The Morgan fingerprint density at radius 3 is 3.15 bits per heavy atom. The van der Waals surface area contributed by atoms with Crippen LogP contribution in [0.15, 0.2) is 5.51 Å². The van der Waals surface area contributed by atoms with Crippen molar-refractivity contribution in [2.75, 3.05) is 11.9 Å². The van der Waals surface area contributed by atoms with Crippen LogP contribution in [0.5, 0.6) is 0 Å². The Morgan fingerprint density at radius 2 is 2.54 bits per heavy atom. The van der Waals surface area contributed by atoms with Crippen molar-refractivity contribution in [3.8, 4) is 0 Å². The molecule has 3 nitrogen and oxygen atoms in total. The summed E-state index contributed by atoms with van der Waals surface area (Å²) in [5.41, 5.74) is 1.76. The molecule has 0 aliphatic heterocycles. The minimum atomic E-state index is 0.846. The normalized spacial score (nSPS) is 27.8. The molecule has 0 saturated heterocycles. The molecule has 1 aromatic heterocycles. The molecule has 1 saturated carbocycles. The summed E-state index contributed by atoms with van der Waals surface area (Å²) in [5, 5.41) is 12.0. The molecule has 1 heterocycles. The zero-order valence-corrected chi connectivity index (χ0v) is 8.68. The second-order valence-electron chi connectivity index (χ2n) is 3.91. The lowest BCUT2D eigenvalue weighted by molar-refractivity contribution is 0.537. The molecule has 1 aliphatic rings. The van der Waals surface area contributed by atoms with E-state index in [4.69, 9.17) is 0 Å². The van der Waals surface area contributed by atoms with Crippen LogP contribution < -0.4 is 5.32 Å². The first-order chi connectivity index (χ1) is 6.34. The number of hydrogen-bond donors (Lipinski definition) is 1. The van der Waals surface area contributed by atoms with Gasteiger partial charge in [-0.15, -0.1) is 10.2 Å². The Kier molecular flexibility index (Phi) is 2.78. The van der Waals surface area contributed by atoms with E-state index in [0.29, 0.717) is 0 Å². The molecule has 72 valence electrons. The number of nitrogens with zero attached hydrogens (tertiary/aromatic N) is 2. The molecule has 4 heteroatoms. The summed E-state index contributed by atoms with van der Waals surface area (Å²) in [6.07, 6.45) is 4.13. The van der Waals surface area contributed by atoms with Crippen LogP contribution in [0.4, 0.5) is 5.13 Å². The maximum absolute atomic E-state index is 3.95. The van der Waals surface area contributed by atoms with Crippen LogP contribution in [-0.4, -0.2) is 16.7 Å². The molecular formula is C9H15N3S. The average molecular weight is 197 g/mol. The number of rotatable bonds is 3. The summed E-state index contributed by atoms with van der Waals surface area (Å²) < 4.78 is 0. The molecule has 1 N–H and O–H groups in total. The Bertz CT molecular complexity index is 247. The zero-order chi connectivity index (χ0) is 9.10. The number of anilines is 1. The maximum atomic E-state index is 3.95. The summed E-state index contributed by atoms with van der Waals surface area (Å²) in [5.74, 6) is 1.76. The summed E-state index contributed by atoms with van der Waals surface area (Å²) in [4.78, 5) is 0. The SMILES string of the molecule is CC1CCC(CNc2nncs2)C1. The van der Waals surface area contributed by atoms with Gasteiger partial charge in [-0.25, -0.2) is 0 Å². The van der Waals surface area contributed by atoms with Gasteiger partial charge in [-0.05, 0) is 24.7 Å². The fraction of sp³-hybridized carbons (Fsp3) is 0.778. The van der Waals surface area contributed by atoms with E-state index in [1.807, 2.05) is 0 Å². The predicted molar refractivity (Wildman–Crippen MR) is 54.9 cm³/mol. The molecule has 1 aliphatic carbocycles. The highest BCUT2D eigenvalue weighted by atomic mass is 32.1. The van der Waals surface area contributed by atoms with Crippen molar-refractivity contribution in [1.82, 2.24) is 10.2 Å². The maximum Gasteiger partial charge on any atom is 0.205 e. The molecule has 1 aromatic rings. The van der Waals surface area contributed by atoms with Crippen LogP contribution in [0.25, 0.3) is 0 Å². The number of aromatic nitrogens is 2. The molecule has 1 fully saturated rings. The molecular weight excluding hydrogens is 182 g/mol. The van der Waals surface area contributed by atoms with Crippen molar-refractivity contribution in [3.05, 3.63) is 5.51 Å². The van der Waals surface area contributed by atoms with Gasteiger partial charge in [0.1, 0.15) is 5.51 Å². The summed E-state index contributed by atoms with van der Waals surface area (Å²) in [7, 11) is 0. The second-order valence-corrected chi connectivity index (χ2v) is 4.74. The topological polar surface area (TPSA) is 37.8 Å². The lowest BCUT2D eigenvalue weighted by Gasteiger charge is -2.08. The molecule has 0 aromatic carbocycles. The average Bonchev–Trinajstić information content (AvgIpc) is 2.71. The van der Waals surface area contributed by atoms with Crippen molar-refractivity contribution in [1.29, 1.82) is 0 Å². The Hall–Kier alpha value is -0.640. The van der Waals surface area contributed by atoms with Gasteiger partial charge >= 0.3 is 0 Å². The van der Waals surface area contributed by atoms with Crippen LogP contribution in [0.2, 0.25) is 0 Å². The first-order valence-corrected chi connectivity index (χ1v) is 5.72. The van der Waals surface area contributed by atoms with E-state index >= 15 is 0 Å². The highest BCUT2D eigenvalue weighted by Gasteiger charge is 2.20. The predicted octanol–water partition coefficient (Wildman–Crippen LogP) is 2.39. The minimum Gasteiger partial charge on any atom is -0.360 e. The van der Waals surface area contributed by atoms with Gasteiger partial charge in [0.15, 0.2) is 0 Å². The fourth-order valence-electron chi connectivity index (χ4n) is 1.99. The molecule has 0 bridgehead atoms. The van der Waals surface area contributed by atoms with E-state index in [0.717, 1.165) is 23.5 Å². The van der Waals surface area contributed by atoms with Crippen molar-refractivity contribution < 1.29 is 0 Å². The highest BCUT2D eigenvalue weighted by molar-refractivity contribution is 7.13. The molecule has 2 atom stereocenters. The molecule has 0 spiro atoms. The second kappa shape index (κ2) is 4.05. The standard InChI is InChI=1S/C9H15N3S/c1-7-2-3-8(4-7)5-10-9-12-11-6-13-9/h6-8H,2-5H2,1H3,(H,10,12). The zero-order valence-electron chi connectivity index (χ0n) is 7.86. The van der Waals surface area contributed by atoms with Gasteiger partial charge in [-0.1, -0.05) is 24.7 Å². The Balaban J connectivity index is 1.74. The van der Waals surface area contributed by atoms with Crippen LogP contribution >= 0.6 is 11.3 Å². The van der Waals surface area contributed by atoms with E-state index < -0.39 is 0 Å². The van der Waals surface area contributed by atoms with E-state index in [2.05, 4.69) is 22.4 Å². The van der Waals surface area contributed by atoms with Gasteiger partial charge in [0.25, 0.3) is 0 Å². The van der Waals surface area contributed by atoms with Gasteiger partial charge in [0, 0.05) is 6.54 Å². The van der Waals surface area contributed by atoms with Gasteiger partial charge in [0.2, 0.25) is 5.13 Å². The van der Waals surface area contributed by atoms with Crippen molar-refractivity contribution in [2.24, 2.45) is 11.8 Å². The van der Waals surface area contributed by atoms with Gasteiger partial charge in [-0.2, -0.15) is 0 Å². The Labute approximate surface area is 82.6 Å².